The van der Waals surface area contributed by atoms with E-state index in [0.717, 1.165) is 56.0 Å². The number of nitrogens with zero attached hydrogens (tertiary/aromatic N) is 1. The van der Waals surface area contributed by atoms with Crippen molar-refractivity contribution in [1.82, 2.24) is 10.3 Å². The smallest absolute Gasteiger partial charge is 0.181 e. The Hall–Kier alpha value is -1.66. The highest BCUT2D eigenvalue weighted by Gasteiger charge is 2.64. The van der Waals surface area contributed by atoms with Gasteiger partial charge < -0.3 is 19.9 Å². The number of nitrogens with one attached hydrogen (secondary N) is 1. The number of oxazole rings is 1. The molecule has 1 aromatic carbocycles. The molecule has 1 heterocycles. The summed E-state index contributed by atoms with van der Waals surface area (Å²) in [6, 6.07) is 6.21. The SMILES string of the molecule is CC12CCC3(Cl)C=C4CC(O)CCC4CC[C@]3(O)C1CC=C2c1ccc2ocnc2c1.CNC. The van der Waals surface area contributed by atoms with Crippen molar-refractivity contribution in [3.8, 4) is 0 Å². The normalized spacial score (nSPS) is 39.1. The standard InChI is InChI=1S/C26H30ClNO3.C2H7N/c1-24-10-11-25(27)14-18-12-19(29)4-2-16(18)8-9-26(25,30)23(24)7-5-20(24)17-3-6-22-21(13-17)28-15-31-22;1-3-2/h3,5-6,13-16,19,23,29-30H,2,4,7-12H2,1H3;3H,1-2H3/t16?,19?,23?,24?,25?,26-;/m0./s1. The summed E-state index contributed by atoms with van der Waals surface area (Å²) in [7, 11) is 3.75. The first-order chi connectivity index (χ1) is 16.2. The zero-order valence-corrected chi connectivity index (χ0v) is 21.2. The number of allylic oxidation sites excluding steroid dienone is 2. The van der Waals surface area contributed by atoms with Crippen LogP contribution in [0.15, 0.2) is 46.7 Å². The van der Waals surface area contributed by atoms with Crippen LogP contribution < -0.4 is 5.32 Å². The van der Waals surface area contributed by atoms with Crippen molar-refractivity contribution in [3.05, 3.63) is 47.9 Å². The van der Waals surface area contributed by atoms with E-state index in [0.29, 0.717) is 12.3 Å². The first-order valence-corrected chi connectivity index (χ1v) is 13.1. The third-order valence-electron chi connectivity index (χ3n) is 9.02. The third-order valence-corrected chi connectivity index (χ3v) is 9.65. The largest absolute Gasteiger partial charge is 0.443 e. The number of hydrogen-bond donors (Lipinski definition) is 3. The summed E-state index contributed by atoms with van der Waals surface area (Å²) in [5.74, 6) is 0.527. The van der Waals surface area contributed by atoms with Gasteiger partial charge in [-0.25, -0.2) is 4.98 Å². The van der Waals surface area contributed by atoms with Gasteiger partial charge in [-0.3, -0.25) is 0 Å². The number of halogens is 1. The van der Waals surface area contributed by atoms with Crippen LogP contribution >= 0.6 is 11.6 Å². The molecule has 184 valence electrons. The Morgan fingerprint density at radius 1 is 1.15 bits per heavy atom. The Balaban J connectivity index is 0.000000764. The lowest BCUT2D eigenvalue weighted by Gasteiger charge is -2.56. The monoisotopic (exact) mass is 484 g/mol. The average molecular weight is 485 g/mol. The number of aliphatic hydroxyl groups excluding tert-OH is 1. The van der Waals surface area contributed by atoms with Crippen LogP contribution in [0.4, 0.5) is 0 Å². The van der Waals surface area contributed by atoms with Gasteiger partial charge in [-0.05, 0) is 100 Å². The van der Waals surface area contributed by atoms with Gasteiger partial charge in [-0.15, -0.1) is 11.6 Å². The van der Waals surface area contributed by atoms with Crippen molar-refractivity contribution < 1.29 is 14.6 Å². The zero-order chi connectivity index (χ0) is 24.1. The predicted molar refractivity (Wildman–Crippen MR) is 137 cm³/mol. The van der Waals surface area contributed by atoms with Crippen LogP contribution in [-0.2, 0) is 0 Å². The van der Waals surface area contributed by atoms with E-state index in [4.69, 9.17) is 16.0 Å². The fourth-order valence-corrected chi connectivity index (χ4v) is 7.72. The highest BCUT2D eigenvalue weighted by Crippen LogP contribution is 2.65. The minimum atomic E-state index is -0.951. The molecule has 0 saturated heterocycles. The van der Waals surface area contributed by atoms with Gasteiger partial charge in [-0.1, -0.05) is 30.7 Å². The van der Waals surface area contributed by atoms with E-state index >= 15 is 0 Å². The summed E-state index contributed by atoms with van der Waals surface area (Å²) < 4.78 is 5.42. The maximum absolute atomic E-state index is 12.3. The summed E-state index contributed by atoms with van der Waals surface area (Å²) in [5, 5.41) is 25.3. The van der Waals surface area contributed by atoms with Crippen LogP contribution in [0.2, 0.25) is 0 Å². The van der Waals surface area contributed by atoms with Gasteiger partial charge in [0, 0.05) is 5.92 Å². The minimum Gasteiger partial charge on any atom is -0.443 e. The van der Waals surface area contributed by atoms with Crippen LogP contribution in [0.25, 0.3) is 16.7 Å². The number of hydrogen-bond acceptors (Lipinski definition) is 5. The number of alkyl halides is 1. The molecule has 1 aromatic heterocycles. The summed E-state index contributed by atoms with van der Waals surface area (Å²) >= 11 is 7.32. The summed E-state index contributed by atoms with van der Waals surface area (Å²) in [6.45, 7) is 2.31. The Kier molecular flexibility index (Phi) is 6.21. The first-order valence-electron chi connectivity index (χ1n) is 12.7. The van der Waals surface area contributed by atoms with Crippen molar-refractivity contribution in [2.75, 3.05) is 14.1 Å². The second-order valence-corrected chi connectivity index (χ2v) is 11.7. The van der Waals surface area contributed by atoms with Gasteiger partial charge in [0.05, 0.1) is 16.6 Å². The van der Waals surface area contributed by atoms with Crippen molar-refractivity contribution >= 4 is 28.3 Å². The molecular formula is C28H37ClN2O3. The lowest BCUT2D eigenvalue weighted by atomic mass is 9.54. The molecular weight excluding hydrogens is 448 g/mol. The summed E-state index contributed by atoms with van der Waals surface area (Å²) in [6.07, 6.45) is 12.5. The molecule has 4 aliphatic rings. The van der Waals surface area contributed by atoms with Crippen LogP contribution in [-0.4, -0.2) is 45.9 Å². The lowest BCUT2D eigenvalue weighted by Crippen LogP contribution is -2.61. The van der Waals surface area contributed by atoms with E-state index in [1.54, 1.807) is 0 Å². The molecule has 6 rings (SSSR count). The topological polar surface area (TPSA) is 78.5 Å². The van der Waals surface area contributed by atoms with Gasteiger partial charge in [-0.2, -0.15) is 0 Å². The number of aromatic nitrogens is 1. The van der Waals surface area contributed by atoms with Crippen molar-refractivity contribution in [2.45, 2.75) is 74.9 Å². The van der Waals surface area contributed by atoms with Crippen LogP contribution in [0.1, 0.15) is 63.9 Å². The van der Waals surface area contributed by atoms with E-state index in [1.165, 1.54) is 23.1 Å². The molecule has 34 heavy (non-hydrogen) atoms. The summed E-state index contributed by atoms with van der Waals surface area (Å²) in [5.41, 5.74) is 4.33. The average Bonchev–Trinajstić information content (AvgIpc) is 3.38. The molecule has 5 nitrogen and oxygen atoms in total. The highest BCUT2D eigenvalue weighted by atomic mass is 35.5. The second kappa shape index (κ2) is 8.77. The number of benzene rings is 1. The van der Waals surface area contributed by atoms with E-state index in [2.05, 4.69) is 41.5 Å². The zero-order valence-electron chi connectivity index (χ0n) is 20.5. The molecule has 0 aliphatic heterocycles. The predicted octanol–water partition coefficient (Wildman–Crippen LogP) is 5.46. The van der Waals surface area contributed by atoms with Crippen LogP contribution in [0.5, 0.6) is 0 Å². The fraction of sp³-hybridized carbons (Fsp3) is 0.607. The van der Waals surface area contributed by atoms with Gasteiger partial charge >= 0.3 is 0 Å². The van der Waals surface area contributed by atoms with Crippen molar-refractivity contribution in [1.29, 1.82) is 0 Å². The molecule has 0 spiro atoms. The minimum absolute atomic E-state index is 0.0798. The number of aliphatic hydroxyl groups is 2. The maximum atomic E-state index is 12.3. The molecule has 5 unspecified atom stereocenters. The van der Waals surface area contributed by atoms with E-state index < -0.39 is 10.5 Å². The summed E-state index contributed by atoms with van der Waals surface area (Å²) in [4.78, 5) is 3.58. The first kappa shape index (κ1) is 24.1. The Morgan fingerprint density at radius 2 is 1.94 bits per heavy atom. The quantitative estimate of drug-likeness (QED) is 0.370. The molecule has 0 amide bonds. The molecule has 3 N–H and O–H groups in total. The number of fused-ring (bicyclic) bond motifs is 5. The Labute approximate surface area is 207 Å². The van der Waals surface area contributed by atoms with Gasteiger partial charge in [0.2, 0.25) is 0 Å². The number of rotatable bonds is 1. The highest BCUT2D eigenvalue weighted by molar-refractivity contribution is 6.26. The molecule has 6 heteroatoms. The van der Waals surface area contributed by atoms with E-state index in [9.17, 15) is 10.2 Å². The van der Waals surface area contributed by atoms with Crippen LogP contribution in [0.3, 0.4) is 0 Å². The molecule has 0 radical (unpaired) electrons. The van der Waals surface area contributed by atoms with Crippen LogP contribution in [0, 0.1) is 17.3 Å². The van der Waals surface area contributed by atoms with Gasteiger partial charge in [0.25, 0.3) is 0 Å². The molecule has 6 atom stereocenters. The molecule has 2 aromatic rings. The third kappa shape index (κ3) is 3.67. The molecule has 0 bridgehead atoms. The van der Waals surface area contributed by atoms with E-state index in [1.807, 2.05) is 20.2 Å². The molecule has 4 aliphatic carbocycles. The second-order valence-electron chi connectivity index (χ2n) is 11.0. The molecule has 2 saturated carbocycles. The Bertz CT molecular complexity index is 1130. The maximum Gasteiger partial charge on any atom is 0.181 e. The van der Waals surface area contributed by atoms with E-state index in [-0.39, 0.29) is 17.4 Å². The van der Waals surface area contributed by atoms with Crippen molar-refractivity contribution in [2.24, 2.45) is 17.3 Å². The molecule has 2 fully saturated rings. The Morgan fingerprint density at radius 3 is 2.74 bits per heavy atom. The van der Waals surface area contributed by atoms with Gasteiger partial charge in [0.15, 0.2) is 12.0 Å². The lowest BCUT2D eigenvalue weighted by molar-refractivity contribution is -0.106. The van der Waals surface area contributed by atoms with Gasteiger partial charge in [0.1, 0.15) is 5.52 Å². The van der Waals surface area contributed by atoms with Crippen molar-refractivity contribution in [3.63, 3.8) is 0 Å². The fourth-order valence-electron chi connectivity index (χ4n) is 7.26.